The number of nitrogens with zero attached hydrogens (tertiary/aromatic N) is 2. The smallest absolute Gasteiger partial charge is 0.227 e. The van der Waals surface area contributed by atoms with Crippen LogP contribution in [0.15, 0.2) is 113 Å². The Morgan fingerprint density at radius 3 is 2.10 bits per heavy atom. The molecule has 5 aromatic carbocycles. The molecule has 0 bridgehead atoms. The number of hydrogen-bond acceptors (Lipinski definition) is 3. The maximum Gasteiger partial charge on any atom is 0.227 e. The van der Waals surface area contributed by atoms with Gasteiger partial charge in [0, 0.05) is 23.4 Å². The van der Waals surface area contributed by atoms with Crippen LogP contribution < -0.4 is 0 Å². The van der Waals surface area contributed by atoms with E-state index in [1.54, 1.807) is 0 Å². The van der Waals surface area contributed by atoms with Gasteiger partial charge < -0.3 is 4.42 Å². The molecule has 0 unspecified atom stereocenters. The minimum atomic E-state index is 0.622. The van der Waals surface area contributed by atoms with Crippen LogP contribution in [0.3, 0.4) is 0 Å². The van der Waals surface area contributed by atoms with Gasteiger partial charge in [0.2, 0.25) is 5.89 Å². The second-order valence-electron chi connectivity index (χ2n) is 7.53. The monoisotopic (exact) mass is 398 g/mol. The third-order valence-electron chi connectivity index (χ3n) is 5.55. The molecule has 0 fully saturated rings. The Morgan fingerprint density at radius 2 is 1.35 bits per heavy atom. The van der Waals surface area contributed by atoms with E-state index in [9.17, 15) is 0 Å². The van der Waals surface area contributed by atoms with Gasteiger partial charge in [-0.1, -0.05) is 66.7 Å². The number of fused-ring (bicyclic) bond motifs is 3. The normalized spacial score (nSPS) is 11.7. The van der Waals surface area contributed by atoms with Gasteiger partial charge in [-0.25, -0.2) is 4.98 Å². The summed E-state index contributed by atoms with van der Waals surface area (Å²) in [6.45, 7) is 0. The van der Waals surface area contributed by atoms with Gasteiger partial charge in [0.05, 0.1) is 5.69 Å². The third-order valence-corrected chi connectivity index (χ3v) is 5.55. The lowest BCUT2D eigenvalue weighted by atomic mass is 9.97. The highest BCUT2D eigenvalue weighted by molar-refractivity contribution is 6.13. The first-order chi connectivity index (χ1) is 15.3. The summed E-state index contributed by atoms with van der Waals surface area (Å²) in [5.41, 5.74) is 4.48. The Balaban J connectivity index is 1.45. The standard InChI is InChI=1S/C28H18N2O/c1-2-8-19(9-3-1)28-30-26-15-14-22(17-27(26)31-28)29-18-25-23-12-6-4-10-20(23)16-21-11-5-7-13-24(21)25/h1-18H. The van der Waals surface area contributed by atoms with E-state index in [0.717, 1.165) is 27.9 Å². The predicted octanol–water partition coefficient (Wildman–Crippen LogP) is 7.55. The van der Waals surface area contributed by atoms with Crippen LogP contribution in [0, 0.1) is 0 Å². The predicted molar refractivity (Wildman–Crippen MR) is 128 cm³/mol. The Bertz CT molecular complexity index is 1530. The molecular formula is C28H18N2O. The van der Waals surface area contributed by atoms with Gasteiger partial charge in [-0.05, 0) is 51.9 Å². The van der Waals surface area contributed by atoms with E-state index in [1.165, 1.54) is 21.5 Å². The topological polar surface area (TPSA) is 38.4 Å². The van der Waals surface area contributed by atoms with Crippen LogP contribution in [0.5, 0.6) is 0 Å². The minimum absolute atomic E-state index is 0.622. The molecule has 0 saturated heterocycles. The van der Waals surface area contributed by atoms with Crippen molar-refractivity contribution < 1.29 is 4.42 Å². The molecule has 0 radical (unpaired) electrons. The van der Waals surface area contributed by atoms with Crippen molar-refractivity contribution in [3.63, 3.8) is 0 Å². The third kappa shape index (κ3) is 3.17. The van der Waals surface area contributed by atoms with Crippen molar-refractivity contribution in [1.82, 2.24) is 4.98 Å². The zero-order valence-electron chi connectivity index (χ0n) is 16.7. The molecule has 0 N–H and O–H groups in total. The molecule has 6 aromatic rings. The average Bonchev–Trinajstić information content (AvgIpc) is 3.26. The first kappa shape index (κ1) is 17.6. The molecule has 31 heavy (non-hydrogen) atoms. The van der Waals surface area contributed by atoms with Gasteiger partial charge in [0.1, 0.15) is 5.52 Å². The lowest BCUT2D eigenvalue weighted by molar-refractivity contribution is 0.620. The minimum Gasteiger partial charge on any atom is -0.436 e. The van der Waals surface area contributed by atoms with Crippen LogP contribution in [-0.4, -0.2) is 11.2 Å². The fraction of sp³-hybridized carbons (Fsp3) is 0. The van der Waals surface area contributed by atoms with Gasteiger partial charge in [-0.15, -0.1) is 0 Å². The number of benzene rings is 5. The summed E-state index contributed by atoms with van der Waals surface area (Å²) in [5, 5.41) is 4.80. The summed E-state index contributed by atoms with van der Waals surface area (Å²) < 4.78 is 6.00. The first-order valence-corrected chi connectivity index (χ1v) is 10.3. The zero-order valence-corrected chi connectivity index (χ0v) is 16.7. The second kappa shape index (κ2) is 7.22. The van der Waals surface area contributed by atoms with E-state index in [-0.39, 0.29) is 0 Å². The molecule has 0 aliphatic carbocycles. The Morgan fingerprint density at radius 1 is 0.677 bits per heavy atom. The molecule has 3 nitrogen and oxygen atoms in total. The maximum absolute atomic E-state index is 6.00. The van der Waals surface area contributed by atoms with Crippen LogP contribution in [0.1, 0.15) is 5.56 Å². The van der Waals surface area contributed by atoms with Crippen molar-refractivity contribution in [2.45, 2.75) is 0 Å². The van der Waals surface area contributed by atoms with E-state index < -0.39 is 0 Å². The summed E-state index contributed by atoms with van der Waals surface area (Å²) >= 11 is 0. The van der Waals surface area contributed by atoms with Crippen molar-refractivity contribution in [3.05, 3.63) is 109 Å². The van der Waals surface area contributed by atoms with Crippen molar-refractivity contribution in [3.8, 4) is 11.5 Å². The first-order valence-electron chi connectivity index (χ1n) is 10.3. The number of aromatic nitrogens is 1. The average molecular weight is 398 g/mol. The van der Waals surface area contributed by atoms with Crippen molar-refractivity contribution >= 4 is 44.5 Å². The van der Waals surface area contributed by atoms with E-state index >= 15 is 0 Å². The summed E-state index contributed by atoms with van der Waals surface area (Å²) in [6, 6.07) is 34.9. The van der Waals surface area contributed by atoms with E-state index in [4.69, 9.17) is 9.41 Å². The number of oxazole rings is 1. The molecule has 1 heterocycles. The molecule has 0 saturated carbocycles. The van der Waals surface area contributed by atoms with Gasteiger partial charge in [-0.2, -0.15) is 0 Å². The Kier molecular flexibility index (Phi) is 4.10. The van der Waals surface area contributed by atoms with Gasteiger partial charge in [0.25, 0.3) is 0 Å². The van der Waals surface area contributed by atoms with E-state index in [1.807, 2.05) is 54.7 Å². The number of rotatable bonds is 3. The lowest BCUT2D eigenvalue weighted by Crippen LogP contribution is -1.88. The quantitative estimate of drug-likeness (QED) is 0.228. The highest BCUT2D eigenvalue weighted by Crippen LogP contribution is 2.29. The molecule has 0 atom stereocenters. The molecule has 0 aliphatic heterocycles. The highest BCUT2D eigenvalue weighted by Gasteiger charge is 2.09. The molecule has 0 aliphatic rings. The molecule has 146 valence electrons. The Labute approximate surface area is 179 Å². The number of hydrogen-bond donors (Lipinski definition) is 0. The van der Waals surface area contributed by atoms with Crippen molar-refractivity contribution in [2.75, 3.05) is 0 Å². The van der Waals surface area contributed by atoms with Crippen molar-refractivity contribution in [2.24, 2.45) is 4.99 Å². The molecular weight excluding hydrogens is 380 g/mol. The molecule has 0 spiro atoms. The molecule has 0 amide bonds. The maximum atomic E-state index is 6.00. The SMILES string of the molecule is C(=Nc1ccc2nc(-c3ccccc3)oc2c1)c1c2ccccc2cc2ccccc12. The molecule has 3 heteroatoms. The summed E-state index contributed by atoms with van der Waals surface area (Å²) in [6.07, 6.45) is 1.96. The van der Waals surface area contributed by atoms with Gasteiger partial charge in [-0.3, -0.25) is 4.99 Å². The zero-order chi connectivity index (χ0) is 20.6. The Hall–Kier alpha value is -4.24. The molecule has 6 rings (SSSR count). The lowest BCUT2D eigenvalue weighted by Gasteiger charge is -2.07. The van der Waals surface area contributed by atoms with E-state index in [0.29, 0.717) is 5.89 Å². The van der Waals surface area contributed by atoms with E-state index in [2.05, 4.69) is 59.6 Å². The van der Waals surface area contributed by atoms with Crippen LogP contribution in [0.25, 0.3) is 44.1 Å². The fourth-order valence-corrected chi connectivity index (χ4v) is 4.02. The van der Waals surface area contributed by atoms with Gasteiger partial charge >= 0.3 is 0 Å². The van der Waals surface area contributed by atoms with Crippen LogP contribution >= 0.6 is 0 Å². The fourth-order valence-electron chi connectivity index (χ4n) is 4.02. The number of aliphatic imine (C=N–C) groups is 1. The van der Waals surface area contributed by atoms with Crippen LogP contribution in [0.4, 0.5) is 5.69 Å². The summed E-state index contributed by atoms with van der Waals surface area (Å²) in [5.74, 6) is 0.622. The molecule has 1 aromatic heterocycles. The largest absolute Gasteiger partial charge is 0.436 e. The second-order valence-corrected chi connectivity index (χ2v) is 7.53. The van der Waals surface area contributed by atoms with Gasteiger partial charge in [0.15, 0.2) is 5.58 Å². The van der Waals surface area contributed by atoms with Crippen LogP contribution in [0.2, 0.25) is 0 Å². The summed E-state index contributed by atoms with van der Waals surface area (Å²) in [7, 11) is 0. The highest BCUT2D eigenvalue weighted by atomic mass is 16.3. The summed E-state index contributed by atoms with van der Waals surface area (Å²) in [4.78, 5) is 9.40. The van der Waals surface area contributed by atoms with Crippen LogP contribution in [-0.2, 0) is 0 Å². The van der Waals surface area contributed by atoms with Crippen molar-refractivity contribution in [1.29, 1.82) is 0 Å².